The summed E-state index contributed by atoms with van der Waals surface area (Å²) in [5.41, 5.74) is 0.853. The molecule has 112 valence electrons. The molecule has 0 aliphatic heterocycles. The number of hydrogen-bond acceptors (Lipinski definition) is 4. The van der Waals surface area contributed by atoms with Crippen LogP contribution in [0, 0.1) is 6.92 Å². The minimum Gasteiger partial charge on any atom is -0.480 e. The molecule has 0 bridgehead atoms. The molecule has 0 fully saturated rings. The first kappa shape index (κ1) is 16.3. The lowest BCUT2D eigenvalue weighted by Gasteiger charge is -2.15. The highest BCUT2D eigenvalue weighted by molar-refractivity contribution is 9.10. The molecule has 21 heavy (non-hydrogen) atoms. The molecule has 7 heteroatoms. The Morgan fingerprint density at radius 1 is 1.57 bits per heavy atom. The van der Waals surface area contributed by atoms with E-state index in [9.17, 15) is 4.79 Å². The molecule has 0 saturated carbocycles. The summed E-state index contributed by atoms with van der Waals surface area (Å²) in [4.78, 5) is 16.3. The third kappa shape index (κ3) is 4.69. The number of benzene rings is 1. The number of nitrogens with zero attached hydrogens (tertiary/aromatic N) is 1. The molecule has 2 rings (SSSR count). The van der Waals surface area contributed by atoms with Gasteiger partial charge in [0.15, 0.2) is 6.10 Å². The molecule has 1 amide bonds. The van der Waals surface area contributed by atoms with Crippen LogP contribution in [0.5, 0.6) is 5.75 Å². The highest BCUT2D eigenvalue weighted by Gasteiger charge is 2.16. The number of carbonyl (C=O) groups excluding carboxylic acids is 1. The van der Waals surface area contributed by atoms with Crippen LogP contribution in [0.2, 0.25) is 5.02 Å². The summed E-state index contributed by atoms with van der Waals surface area (Å²) in [6, 6.07) is 5.16. The number of carbonyl (C=O) groups is 1. The van der Waals surface area contributed by atoms with E-state index in [1.807, 2.05) is 12.3 Å². The van der Waals surface area contributed by atoms with Gasteiger partial charge < -0.3 is 10.1 Å². The number of aromatic nitrogens is 1. The lowest BCUT2D eigenvalue weighted by molar-refractivity contribution is -0.127. The van der Waals surface area contributed by atoms with E-state index in [0.29, 0.717) is 21.8 Å². The average Bonchev–Trinajstić information content (AvgIpc) is 2.85. The van der Waals surface area contributed by atoms with Crippen molar-refractivity contribution < 1.29 is 9.53 Å². The Morgan fingerprint density at radius 2 is 2.33 bits per heavy atom. The van der Waals surface area contributed by atoms with Crippen LogP contribution in [-0.2, 0) is 11.3 Å². The van der Waals surface area contributed by atoms with Crippen molar-refractivity contribution >= 4 is 44.8 Å². The molecular formula is C14H14BrClN2O2S. The van der Waals surface area contributed by atoms with Crippen molar-refractivity contribution in [3.63, 3.8) is 0 Å². The Bertz CT molecular complexity index is 648. The van der Waals surface area contributed by atoms with E-state index in [0.717, 1.165) is 10.7 Å². The Labute approximate surface area is 140 Å². The molecule has 4 nitrogen and oxygen atoms in total. The number of halogens is 2. The van der Waals surface area contributed by atoms with Crippen molar-refractivity contribution in [2.75, 3.05) is 0 Å². The molecule has 0 aliphatic carbocycles. The second-order valence-electron chi connectivity index (χ2n) is 4.41. The zero-order valence-electron chi connectivity index (χ0n) is 11.5. The molecule has 1 heterocycles. The van der Waals surface area contributed by atoms with Gasteiger partial charge in [0.1, 0.15) is 5.75 Å². The van der Waals surface area contributed by atoms with Gasteiger partial charge in [-0.3, -0.25) is 4.79 Å². The summed E-state index contributed by atoms with van der Waals surface area (Å²) < 4.78 is 6.33. The maximum Gasteiger partial charge on any atom is 0.261 e. The zero-order valence-corrected chi connectivity index (χ0v) is 14.7. The van der Waals surface area contributed by atoms with Gasteiger partial charge in [0.2, 0.25) is 0 Å². The number of rotatable bonds is 5. The lowest BCUT2D eigenvalue weighted by atomic mass is 10.3. The summed E-state index contributed by atoms with van der Waals surface area (Å²) in [7, 11) is 0. The monoisotopic (exact) mass is 388 g/mol. The van der Waals surface area contributed by atoms with Gasteiger partial charge in [-0.25, -0.2) is 4.98 Å². The number of ether oxygens (including phenoxy) is 1. The average molecular weight is 390 g/mol. The quantitative estimate of drug-likeness (QED) is 0.842. The first-order valence-corrected chi connectivity index (χ1v) is 8.31. The highest BCUT2D eigenvalue weighted by atomic mass is 79.9. The van der Waals surface area contributed by atoms with Gasteiger partial charge in [0.25, 0.3) is 5.91 Å². The second kappa shape index (κ2) is 7.24. The number of amides is 1. The Kier molecular flexibility index (Phi) is 5.61. The van der Waals surface area contributed by atoms with Gasteiger partial charge in [-0.15, -0.1) is 11.3 Å². The molecule has 0 saturated heterocycles. The SMILES string of the molecule is Cc1nc(CNC(=O)C(C)Oc2ccc(Cl)cc2Br)cs1. The maximum absolute atomic E-state index is 12.0. The Hall–Kier alpha value is -1.11. The van der Waals surface area contributed by atoms with Crippen LogP contribution in [0.4, 0.5) is 0 Å². The minimum absolute atomic E-state index is 0.192. The van der Waals surface area contributed by atoms with Gasteiger partial charge in [0, 0.05) is 10.4 Å². The van der Waals surface area contributed by atoms with Crippen molar-refractivity contribution in [3.8, 4) is 5.75 Å². The van der Waals surface area contributed by atoms with Gasteiger partial charge in [0.05, 0.1) is 21.7 Å². The van der Waals surface area contributed by atoms with Gasteiger partial charge in [-0.2, -0.15) is 0 Å². The van der Waals surface area contributed by atoms with E-state index in [4.69, 9.17) is 16.3 Å². The van der Waals surface area contributed by atoms with E-state index in [2.05, 4.69) is 26.2 Å². The molecule has 1 aromatic carbocycles. The predicted molar refractivity (Wildman–Crippen MR) is 87.9 cm³/mol. The Balaban J connectivity index is 1.90. The zero-order chi connectivity index (χ0) is 15.4. The molecule has 0 spiro atoms. The van der Waals surface area contributed by atoms with Crippen molar-refractivity contribution in [2.24, 2.45) is 0 Å². The summed E-state index contributed by atoms with van der Waals surface area (Å²) in [6.45, 7) is 4.03. The topological polar surface area (TPSA) is 51.2 Å². The Morgan fingerprint density at radius 3 is 2.95 bits per heavy atom. The summed E-state index contributed by atoms with van der Waals surface area (Å²) >= 11 is 10.8. The van der Waals surface area contributed by atoms with E-state index in [1.54, 1.807) is 36.5 Å². The summed E-state index contributed by atoms with van der Waals surface area (Å²) in [6.07, 6.45) is -0.609. The predicted octanol–water partition coefficient (Wildman–Crippen LogP) is 3.95. The molecule has 1 aromatic heterocycles. The smallest absolute Gasteiger partial charge is 0.261 e. The van der Waals surface area contributed by atoms with Crippen LogP contribution >= 0.6 is 38.9 Å². The fourth-order valence-electron chi connectivity index (χ4n) is 1.63. The standard InChI is InChI=1S/C14H14BrClN2O2S/c1-8(20-13-4-3-10(16)5-12(13)15)14(19)17-6-11-7-21-9(2)18-11/h3-5,7-8H,6H2,1-2H3,(H,17,19). The van der Waals surface area contributed by atoms with E-state index >= 15 is 0 Å². The second-order valence-corrected chi connectivity index (χ2v) is 6.76. The van der Waals surface area contributed by atoms with Crippen LogP contribution in [0.25, 0.3) is 0 Å². The molecule has 0 radical (unpaired) electrons. The van der Waals surface area contributed by atoms with Gasteiger partial charge >= 0.3 is 0 Å². The summed E-state index contributed by atoms with van der Waals surface area (Å²) in [5, 5.41) is 6.31. The summed E-state index contributed by atoms with van der Waals surface area (Å²) in [5.74, 6) is 0.383. The lowest BCUT2D eigenvalue weighted by Crippen LogP contribution is -2.36. The third-order valence-electron chi connectivity index (χ3n) is 2.68. The maximum atomic E-state index is 12.0. The fraction of sp³-hybridized carbons (Fsp3) is 0.286. The molecular weight excluding hydrogens is 376 g/mol. The largest absolute Gasteiger partial charge is 0.480 e. The normalized spacial score (nSPS) is 12.0. The fourth-order valence-corrected chi connectivity index (χ4v) is 3.01. The minimum atomic E-state index is -0.609. The molecule has 1 N–H and O–H groups in total. The molecule has 1 atom stereocenters. The van der Waals surface area contributed by atoms with Crippen molar-refractivity contribution in [3.05, 3.63) is 43.8 Å². The van der Waals surface area contributed by atoms with E-state index in [1.165, 1.54) is 0 Å². The van der Waals surface area contributed by atoms with Crippen molar-refractivity contribution in [1.82, 2.24) is 10.3 Å². The van der Waals surface area contributed by atoms with Crippen LogP contribution < -0.4 is 10.1 Å². The van der Waals surface area contributed by atoms with Crippen LogP contribution in [0.15, 0.2) is 28.1 Å². The van der Waals surface area contributed by atoms with Crippen LogP contribution in [0.3, 0.4) is 0 Å². The highest BCUT2D eigenvalue weighted by Crippen LogP contribution is 2.28. The van der Waals surface area contributed by atoms with Crippen LogP contribution in [-0.4, -0.2) is 17.0 Å². The van der Waals surface area contributed by atoms with E-state index in [-0.39, 0.29) is 5.91 Å². The number of thiazole rings is 1. The third-order valence-corrected chi connectivity index (χ3v) is 4.35. The van der Waals surface area contributed by atoms with Gasteiger partial charge in [-0.05, 0) is 48.0 Å². The van der Waals surface area contributed by atoms with Crippen LogP contribution in [0.1, 0.15) is 17.6 Å². The number of hydrogen-bond donors (Lipinski definition) is 1. The van der Waals surface area contributed by atoms with E-state index < -0.39 is 6.10 Å². The first-order chi connectivity index (χ1) is 9.95. The van der Waals surface area contributed by atoms with Crippen molar-refractivity contribution in [1.29, 1.82) is 0 Å². The van der Waals surface area contributed by atoms with Crippen molar-refractivity contribution in [2.45, 2.75) is 26.5 Å². The molecule has 1 unspecified atom stereocenters. The van der Waals surface area contributed by atoms with Gasteiger partial charge in [-0.1, -0.05) is 11.6 Å². The molecule has 0 aliphatic rings. The molecule has 2 aromatic rings. The number of nitrogens with one attached hydrogen (secondary N) is 1. The number of aryl methyl sites for hydroxylation is 1. The first-order valence-electron chi connectivity index (χ1n) is 6.26.